The molecule has 1 saturated heterocycles. The molecule has 5 heteroatoms. The van der Waals surface area contributed by atoms with Gasteiger partial charge < -0.3 is 15.3 Å². The summed E-state index contributed by atoms with van der Waals surface area (Å²) in [4.78, 5) is 26.5. The fraction of sp³-hybridized carbons (Fsp3) is 0.889. The Balaban J connectivity index is 1.83. The average Bonchev–Trinajstić information content (AvgIpc) is 2.56. The summed E-state index contributed by atoms with van der Waals surface area (Å²) in [6.07, 6.45) is 7.41. The van der Waals surface area contributed by atoms with E-state index in [1.165, 1.54) is 32.1 Å². The summed E-state index contributed by atoms with van der Waals surface area (Å²) in [6.45, 7) is 5.74. The van der Waals surface area contributed by atoms with Crippen molar-refractivity contribution in [2.45, 2.75) is 58.8 Å². The molecule has 23 heavy (non-hydrogen) atoms. The van der Waals surface area contributed by atoms with Crippen LogP contribution in [0.15, 0.2) is 0 Å². The smallest absolute Gasteiger partial charge is 0.224 e. The van der Waals surface area contributed by atoms with Gasteiger partial charge in [0.25, 0.3) is 0 Å². The molecule has 0 spiro atoms. The van der Waals surface area contributed by atoms with Crippen molar-refractivity contribution in [2.24, 2.45) is 17.3 Å². The Kier molecular flexibility index (Phi) is 6.45. The van der Waals surface area contributed by atoms with Crippen LogP contribution >= 0.6 is 0 Å². The van der Waals surface area contributed by atoms with Crippen molar-refractivity contribution in [3.63, 3.8) is 0 Å². The van der Waals surface area contributed by atoms with Crippen LogP contribution < -0.4 is 5.32 Å². The van der Waals surface area contributed by atoms with Crippen LogP contribution in [-0.4, -0.2) is 48.1 Å². The van der Waals surface area contributed by atoms with Gasteiger partial charge in [-0.05, 0) is 25.2 Å². The number of carbonyl (C=O) groups is 2. The van der Waals surface area contributed by atoms with Crippen molar-refractivity contribution in [3.05, 3.63) is 0 Å². The van der Waals surface area contributed by atoms with Crippen molar-refractivity contribution in [2.75, 3.05) is 26.2 Å². The molecule has 0 aromatic rings. The SMILES string of the molecule is CC(C)(CO)CNC(=O)C1CCC(=O)N(CC2CCCCC2)C1. The first-order chi connectivity index (χ1) is 10.9. The van der Waals surface area contributed by atoms with Gasteiger partial charge in [0.15, 0.2) is 0 Å². The Bertz CT molecular complexity index is 416. The second-order valence-electron chi connectivity index (χ2n) is 8.08. The highest BCUT2D eigenvalue weighted by Gasteiger charge is 2.32. The number of hydrogen-bond donors (Lipinski definition) is 2. The van der Waals surface area contributed by atoms with Gasteiger partial charge in [-0.25, -0.2) is 0 Å². The maximum absolute atomic E-state index is 12.4. The molecule has 0 bridgehead atoms. The summed E-state index contributed by atoms with van der Waals surface area (Å²) in [5, 5.41) is 12.2. The molecular formula is C18H32N2O3. The summed E-state index contributed by atoms with van der Waals surface area (Å²) in [5.41, 5.74) is -0.304. The van der Waals surface area contributed by atoms with Gasteiger partial charge in [-0.1, -0.05) is 33.1 Å². The Morgan fingerprint density at radius 1 is 1.26 bits per heavy atom. The molecule has 1 heterocycles. The molecule has 0 radical (unpaired) electrons. The van der Waals surface area contributed by atoms with Gasteiger partial charge in [-0.15, -0.1) is 0 Å². The molecule has 2 rings (SSSR count). The van der Waals surface area contributed by atoms with Gasteiger partial charge in [-0.2, -0.15) is 0 Å². The predicted octanol–water partition coefficient (Wildman–Crippen LogP) is 1.94. The molecule has 1 atom stereocenters. The van der Waals surface area contributed by atoms with Crippen LogP contribution in [0, 0.1) is 17.3 Å². The normalized spacial score (nSPS) is 23.9. The van der Waals surface area contributed by atoms with Crippen molar-refractivity contribution in [1.82, 2.24) is 10.2 Å². The number of nitrogens with one attached hydrogen (secondary N) is 1. The van der Waals surface area contributed by atoms with E-state index in [2.05, 4.69) is 5.32 Å². The average molecular weight is 324 g/mol. The lowest BCUT2D eigenvalue weighted by molar-refractivity contribution is -0.139. The number of amides is 2. The van der Waals surface area contributed by atoms with Gasteiger partial charge >= 0.3 is 0 Å². The molecule has 2 N–H and O–H groups in total. The van der Waals surface area contributed by atoms with Crippen LogP contribution in [0.5, 0.6) is 0 Å². The van der Waals surface area contributed by atoms with Crippen LogP contribution in [0.25, 0.3) is 0 Å². The van der Waals surface area contributed by atoms with Crippen molar-refractivity contribution >= 4 is 11.8 Å². The van der Waals surface area contributed by atoms with Gasteiger partial charge in [0.1, 0.15) is 0 Å². The van der Waals surface area contributed by atoms with E-state index in [4.69, 9.17) is 0 Å². The topological polar surface area (TPSA) is 69.6 Å². The number of aliphatic hydroxyl groups is 1. The zero-order valence-electron chi connectivity index (χ0n) is 14.6. The molecule has 1 saturated carbocycles. The quantitative estimate of drug-likeness (QED) is 0.784. The minimum atomic E-state index is -0.304. The van der Waals surface area contributed by atoms with E-state index in [1.54, 1.807) is 0 Å². The fourth-order valence-corrected chi connectivity index (χ4v) is 3.51. The zero-order valence-corrected chi connectivity index (χ0v) is 14.6. The number of aliphatic hydroxyl groups excluding tert-OH is 1. The summed E-state index contributed by atoms with van der Waals surface area (Å²) in [6, 6.07) is 0. The zero-order chi connectivity index (χ0) is 16.9. The highest BCUT2D eigenvalue weighted by atomic mass is 16.3. The first kappa shape index (κ1) is 18.2. The largest absolute Gasteiger partial charge is 0.396 e. The number of piperidine rings is 1. The third kappa shape index (κ3) is 5.48. The summed E-state index contributed by atoms with van der Waals surface area (Å²) in [7, 11) is 0. The van der Waals surface area contributed by atoms with Crippen molar-refractivity contribution in [3.8, 4) is 0 Å². The third-order valence-corrected chi connectivity index (χ3v) is 5.24. The summed E-state index contributed by atoms with van der Waals surface area (Å²) >= 11 is 0. The lowest BCUT2D eigenvalue weighted by Crippen LogP contribution is -2.48. The predicted molar refractivity (Wildman–Crippen MR) is 89.8 cm³/mol. The fourth-order valence-electron chi connectivity index (χ4n) is 3.51. The van der Waals surface area contributed by atoms with E-state index in [9.17, 15) is 14.7 Å². The Morgan fingerprint density at radius 3 is 2.61 bits per heavy atom. The number of hydrogen-bond acceptors (Lipinski definition) is 3. The molecule has 2 amide bonds. The third-order valence-electron chi connectivity index (χ3n) is 5.24. The molecule has 0 aromatic heterocycles. The van der Waals surface area contributed by atoms with Crippen LogP contribution in [0.1, 0.15) is 58.8 Å². The Hall–Kier alpha value is -1.10. The number of likely N-dealkylation sites (tertiary alicyclic amines) is 1. The lowest BCUT2D eigenvalue weighted by atomic mass is 9.87. The standard InChI is InChI=1S/C18H32N2O3/c1-18(2,13-21)12-19-17(23)15-8-9-16(22)20(11-15)10-14-6-4-3-5-7-14/h14-15,21H,3-13H2,1-2H3,(H,19,23). The molecule has 1 aliphatic carbocycles. The summed E-state index contributed by atoms with van der Waals surface area (Å²) < 4.78 is 0. The number of nitrogens with zero attached hydrogens (tertiary/aromatic N) is 1. The second-order valence-corrected chi connectivity index (χ2v) is 8.08. The minimum absolute atomic E-state index is 0.0210. The van der Waals surface area contributed by atoms with Crippen LogP contribution in [0.3, 0.4) is 0 Å². The van der Waals surface area contributed by atoms with E-state index in [0.29, 0.717) is 31.8 Å². The molecular weight excluding hydrogens is 292 g/mol. The van der Waals surface area contributed by atoms with Crippen molar-refractivity contribution < 1.29 is 14.7 Å². The second kappa shape index (κ2) is 8.13. The first-order valence-electron chi connectivity index (χ1n) is 9.07. The van der Waals surface area contributed by atoms with Gasteiger partial charge in [0.2, 0.25) is 11.8 Å². The van der Waals surface area contributed by atoms with E-state index in [0.717, 1.165) is 6.54 Å². The molecule has 132 valence electrons. The Morgan fingerprint density at radius 2 is 1.96 bits per heavy atom. The van der Waals surface area contributed by atoms with E-state index in [-0.39, 0.29) is 29.8 Å². The lowest BCUT2D eigenvalue weighted by Gasteiger charge is -2.36. The van der Waals surface area contributed by atoms with Crippen LogP contribution in [-0.2, 0) is 9.59 Å². The monoisotopic (exact) mass is 324 g/mol. The Labute approximate surface area is 139 Å². The number of rotatable bonds is 6. The highest BCUT2D eigenvalue weighted by molar-refractivity contribution is 5.83. The minimum Gasteiger partial charge on any atom is -0.396 e. The van der Waals surface area contributed by atoms with E-state index in [1.807, 2.05) is 18.7 Å². The van der Waals surface area contributed by atoms with Crippen LogP contribution in [0.4, 0.5) is 0 Å². The van der Waals surface area contributed by atoms with Gasteiger partial charge in [-0.3, -0.25) is 9.59 Å². The molecule has 2 aliphatic rings. The van der Waals surface area contributed by atoms with Crippen molar-refractivity contribution in [1.29, 1.82) is 0 Å². The molecule has 0 aromatic carbocycles. The maximum atomic E-state index is 12.4. The van der Waals surface area contributed by atoms with Gasteiger partial charge in [0, 0.05) is 38.1 Å². The molecule has 5 nitrogen and oxygen atoms in total. The molecule has 1 aliphatic heterocycles. The maximum Gasteiger partial charge on any atom is 0.224 e. The van der Waals surface area contributed by atoms with Gasteiger partial charge in [0.05, 0.1) is 5.92 Å². The van der Waals surface area contributed by atoms with E-state index < -0.39 is 0 Å². The van der Waals surface area contributed by atoms with Crippen LogP contribution in [0.2, 0.25) is 0 Å². The highest BCUT2D eigenvalue weighted by Crippen LogP contribution is 2.27. The van der Waals surface area contributed by atoms with E-state index >= 15 is 0 Å². The number of carbonyl (C=O) groups excluding carboxylic acids is 2. The molecule has 2 fully saturated rings. The molecule has 1 unspecified atom stereocenters. The first-order valence-corrected chi connectivity index (χ1v) is 9.07. The summed E-state index contributed by atoms with van der Waals surface area (Å²) in [5.74, 6) is 0.733.